The lowest BCUT2D eigenvalue weighted by Crippen LogP contribution is -2.20. The van der Waals surface area contributed by atoms with Crippen LogP contribution in [-0.2, 0) is 0 Å². The van der Waals surface area contributed by atoms with Crippen molar-refractivity contribution in [1.82, 2.24) is 0 Å². The van der Waals surface area contributed by atoms with Gasteiger partial charge in [-0.25, -0.2) is 0 Å². The van der Waals surface area contributed by atoms with Gasteiger partial charge in [0.25, 0.3) is 0 Å². The van der Waals surface area contributed by atoms with Crippen LogP contribution in [0.25, 0.3) is 0 Å². The molecule has 0 spiro atoms. The van der Waals surface area contributed by atoms with Gasteiger partial charge in [0.15, 0.2) is 0 Å². The van der Waals surface area contributed by atoms with Gasteiger partial charge in [0.05, 0.1) is 0 Å². The first-order valence-electron chi connectivity index (χ1n) is 7.77. The minimum atomic E-state index is 0.429. The topological polar surface area (TPSA) is 38.0 Å². The fraction of sp³-hybridized carbons (Fsp3) is 0.588. The normalized spacial score (nSPS) is 12.4. The average molecular weight is 325 g/mol. The van der Waals surface area contributed by atoms with Crippen LogP contribution in [0.4, 0.5) is 5.69 Å². The second kappa shape index (κ2) is 9.31. The highest BCUT2D eigenvalue weighted by Crippen LogP contribution is 2.29. The molecule has 3 N–H and O–H groups in total. The van der Waals surface area contributed by atoms with E-state index in [9.17, 15) is 0 Å². The predicted octanol–water partition coefficient (Wildman–Crippen LogP) is 5.06. The molecule has 0 amide bonds. The van der Waals surface area contributed by atoms with Crippen molar-refractivity contribution in [2.45, 2.75) is 57.9 Å². The maximum Gasteiger partial charge on any atom is 0.107 e. The molecule has 0 radical (unpaired) electrons. The summed E-state index contributed by atoms with van der Waals surface area (Å²) in [6.45, 7) is 8.91. The van der Waals surface area contributed by atoms with Gasteiger partial charge in [0.1, 0.15) is 4.99 Å². The van der Waals surface area contributed by atoms with Crippen molar-refractivity contribution in [2.75, 3.05) is 11.1 Å². The molecular weight excluding hydrogens is 296 g/mol. The third kappa shape index (κ3) is 6.27. The maximum atomic E-state index is 5.94. The highest BCUT2D eigenvalue weighted by atomic mass is 32.2. The van der Waals surface area contributed by atoms with Crippen LogP contribution < -0.4 is 11.1 Å². The van der Waals surface area contributed by atoms with Crippen LogP contribution in [0.2, 0.25) is 0 Å². The summed E-state index contributed by atoms with van der Waals surface area (Å²) < 4.78 is 0. The Hall–Kier alpha value is -0.740. The van der Waals surface area contributed by atoms with Gasteiger partial charge in [0, 0.05) is 22.2 Å². The van der Waals surface area contributed by atoms with Crippen LogP contribution in [0.5, 0.6) is 0 Å². The third-order valence-corrected chi connectivity index (χ3v) is 4.54. The average Bonchev–Trinajstić information content (AvgIpc) is 2.38. The summed E-state index contributed by atoms with van der Waals surface area (Å²) in [4.78, 5) is 1.65. The van der Waals surface area contributed by atoms with Gasteiger partial charge < -0.3 is 11.1 Å². The number of hydrogen-bond acceptors (Lipinski definition) is 3. The third-order valence-electron chi connectivity index (χ3n) is 3.39. The van der Waals surface area contributed by atoms with Gasteiger partial charge in [-0.1, -0.05) is 51.9 Å². The quantitative estimate of drug-likeness (QED) is 0.492. The van der Waals surface area contributed by atoms with Crippen LogP contribution in [0, 0.1) is 5.92 Å². The Balaban J connectivity index is 2.77. The Morgan fingerprint density at radius 1 is 1.29 bits per heavy atom. The van der Waals surface area contributed by atoms with Crippen molar-refractivity contribution in [3.63, 3.8) is 0 Å². The van der Waals surface area contributed by atoms with Gasteiger partial charge in [0.2, 0.25) is 0 Å². The summed E-state index contributed by atoms with van der Waals surface area (Å²) in [5.41, 5.74) is 8.00. The van der Waals surface area contributed by atoms with Crippen LogP contribution in [-0.4, -0.2) is 16.8 Å². The number of thioether (sulfide) groups is 1. The number of thiocarbonyl (C=S) groups is 1. The minimum Gasteiger partial charge on any atom is -0.389 e. The predicted molar refractivity (Wildman–Crippen MR) is 101 cm³/mol. The van der Waals surface area contributed by atoms with E-state index in [0.717, 1.165) is 22.9 Å². The molecule has 1 unspecified atom stereocenters. The van der Waals surface area contributed by atoms with Gasteiger partial charge in [-0.3, -0.25) is 0 Å². The Bertz CT molecular complexity index is 458. The standard InChI is InChI=1S/C17H28N2S2/c1-5-21-15-11-7-10-14(16(15)17(18)20)19-13(4)9-6-8-12(2)3/h7,10-13,19H,5-6,8-9H2,1-4H3,(H2,18,20). The highest BCUT2D eigenvalue weighted by molar-refractivity contribution is 7.99. The van der Waals surface area contributed by atoms with E-state index in [2.05, 4.69) is 51.2 Å². The zero-order valence-corrected chi connectivity index (χ0v) is 15.2. The number of benzene rings is 1. The summed E-state index contributed by atoms with van der Waals surface area (Å²) in [5, 5.41) is 3.58. The van der Waals surface area contributed by atoms with E-state index in [1.54, 1.807) is 11.8 Å². The largest absolute Gasteiger partial charge is 0.389 e. The first-order chi connectivity index (χ1) is 9.95. The first kappa shape index (κ1) is 18.3. The van der Waals surface area contributed by atoms with Crippen LogP contribution in [0.1, 0.15) is 52.5 Å². The summed E-state index contributed by atoms with van der Waals surface area (Å²) >= 11 is 7.04. The number of rotatable bonds is 9. The van der Waals surface area contributed by atoms with Gasteiger partial charge in [-0.05, 0) is 37.1 Å². The molecule has 0 saturated heterocycles. The monoisotopic (exact) mass is 324 g/mol. The molecule has 0 aliphatic heterocycles. The lowest BCUT2D eigenvalue weighted by atomic mass is 10.0. The molecule has 0 fully saturated rings. The summed E-state index contributed by atoms with van der Waals surface area (Å²) in [7, 11) is 0. The number of nitrogens with one attached hydrogen (secondary N) is 1. The summed E-state index contributed by atoms with van der Waals surface area (Å²) in [6.07, 6.45) is 3.69. The van der Waals surface area contributed by atoms with E-state index >= 15 is 0 Å². The van der Waals surface area contributed by atoms with E-state index in [1.165, 1.54) is 24.2 Å². The Morgan fingerprint density at radius 2 is 2.00 bits per heavy atom. The highest BCUT2D eigenvalue weighted by Gasteiger charge is 2.13. The van der Waals surface area contributed by atoms with Crippen molar-refractivity contribution in [2.24, 2.45) is 11.7 Å². The van der Waals surface area contributed by atoms with Gasteiger partial charge in [-0.15, -0.1) is 11.8 Å². The molecule has 1 rings (SSSR count). The zero-order valence-electron chi connectivity index (χ0n) is 13.6. The van der Waals surface area contributed by atoms with Gasteiger partial charge in [-0.2, -0.15) is 0 Å². The molecule has 21 heavy (non-hydrogen) atoms. The molecule has 1 aromatic rings. The smallest absolute Gasteiger partial charge is 0.107 e. The van der Waals surface area contributed by atoms with Crippen LogP contribution in [0.15, 0.2) is 23.1 Å². The molecule has 1 aromatic carbocycles. The van der Waals surface area contributed by atoms with E-state index < -0.39 is 0 Å². The SMILES string of the molecule is CCSc1cccc(NC(C)CCCC(C)C)c1C(N)=S. The molecule has 0 aliphatic carbocycles. The molecule has 0 heterocycles. The number of nitrogens with two attached hydrogens (primary N) is 1. The van der Waals surface area contributed by atoms with E-state index in [4.69, 9.17) is 18.0 Å². The van der Waals surface area contributed by atoms with Crippen molar-refractivity contribution in [3.05, 3.63) is 23.8 Å². The lowest BCUT2D eigenvalue weighted by molar-refractivity contribution is 0.520. The first-order valence-corrected chi connectivity index (χ1v) is 9.17. The van der Waals surface area contributed by atoms with Crippen LogP contribution >= 0.6 is 24.0 Å². The molecule has 0 aromatic heterocycles. The lowest BCUT2D eigenvalue weighted by Gasteiger charge is -2.20. The van der Waals surface area contributed by atoms with E-state index in [0.29, 0.717) is 11.0 Å². The van der Waals surface area contributed by atoms with Crippen molar-refractivity contribution < 1.29 is 0 Å². The fourth-order valence-corrected chi connectivity index (χ4v) is 3.49. The molecular formula is C17H28N2S2. The van der Waals surface area contributed by atoms with Gasteiger partial charge >= 0.3 is 0 Å². The molecule has 4 heteroatoms. The second-order valence-corrected chi connectivity index (χ2v) is 7.59. The molecule has 0 bridgehead atoms. The summed E-state index contributed by atoms with van der Waals surface area (Å²) in [5.74, 6) is 1.79. The Labute approximate surface area is 139 Å². The van der Waals surface area contributed by atoms with Crippen LogP contribution in [0.3, 0.4) is 0 Å². The molecule has 118 valence electrons. The molecule has 0 aliphatic rings. The van der Waals surface area contributed by atoms with E-state index in [1.807, 2.05) is 0 Å². The zero-order chi connectivity index (χ0) is 15.8. The van der Waals surface area contributed by atoms with Crippen molar-refractivity contribution >= 4 is 34.7 Å². The fourth-order valence-electron chi connectivity index (χ4n) is 2.35. The van der Waals surface area contributed by atoms with E-state index in [-0.39, 0.29) is 0 Å². The van der Waals surface area contributed by atoms with Crippen molar-refractivity contribution in [1.29, 1.82) is 0 Å². The number of anilines is 1. The molecule has 0 saturated carbocycles. The number of hydrogen-bond donors (Lipinski definition) is 2. The summed E-state index contributed by atoms with van der Waals surface area (Å²) in [6, 6.07) is 6.67. The van der Waals surface area contributed by atoms with Crippen molar-refractivity contribution in [3.8, 4) is 0 Å². The second-order valence-electron chi connectivity index (χ2n) is 5.85. The Kier molecular flexibility index (Phi) is 8.12. The molecule has 1 atom stereocenters. The Morgan fingerprint density at radius 3 is 2.57 bits per heavy atom. The maximum absolute atomic E-state index is 5.94. The molecule has 2 nitrogen and oxygen atoms in total. The minimum absolute atomic E-state index is 0.429.